The van der Waals surface area contributed by atoms with Crippen LogP contribution in [0.15, 0.2) is 60.7 Å². The van der Waals surface area contributed by atoms with Crippen LogP contribution in [0.4, 0.5) is 0 Å². The highest BCUT2D eigenvalue weighted by atomic mass is 16.8. The molecule has 1 saturated heterocycles. The molecule has 0 amide bonds. The molecule has 5 nitrogen and oxygen atoms in total. The van der Waals surface area contributed by atoms with Gasteiger partial charge in [-0.05, 0) is 31.5 Å². The van der Waals surface area contributed by atoms with Gasteiger partial charge in [0.15, 0.2) is 6.10 Å². The van der Waals surface area contributed by atoms with E-state index in [0.29, 0.717) is 0 Å². The standard InChI is InChI=1S/C25H28N2O3/c1-16-20(17(2)27(26-16)19-14-10-7-11-15-19)21(18-12-8-6-9-13-18)22-23(28)30-24(29-22)25(3,4)5/h6-15,21-22,24H,1-5H3/t21-,22-,24-/m0/s1. The van der Waals surface area contributed by atoms with Crippen LogP contribution in [0.3, 0.4) is 0 Å². The lowest BCUT2D eigenvalue weighted by Crippen LogP contribution is -2.30. The number of carbonyl (C=O) groups is 1. The summed E-state index contributed by atoms with van der Waals surface area (Å²) in [4.78, 5) is 12.9. The highest BCUT2D eigenvalue weighted by molar-refractivity contribution is 5.79. The Morgan fingerprint density at radius 2 is 1.57 bits per heavy atom. The van der Waals surface area contributed by atoms with E-state index in [4.69, 9.17) is 14.6 Å². The van der Waals surface area contributed by atoms with E-state index in [2.05, 4.69) is 0 Å². The first-order valence-corrected chi connectivity index (χ1v) is 10.3. The summed E-state index contributed by atoms with van der Waals surface area (Å²) in [6, 6.07) is 20.0. The monoisotopic (exact) mass is 404 g/mol. The van der Waals surface area contributed by atoms with E-state index in [1.807, 2.05) is 100.0 Å². The Balaban J connectivity index is 1.83. The maximum absolute atomic E-state index is 12.9. The Kier molecular flexibility index (Phi) is 5.24. The number of aryl methyl sites for hydroxylation is 1. The Morgan fingerprint density at radius 3 is 2.13 bits per heavy atom. The van der Waals surface area contributed by atoms with Crippen molar-refractivity contribution in [2.24, 2.45) is 5.41 Å². The van der Waals surface area contributed by atoms with Crippen molar-refractivity contribution in [2.75, 3.05) is 0 Å². The Morgan fingerprint density at radius 1 is 0.967 bits per heavy atom. The van der Waals surface area contributed by atoms with Gasteiger partial charge in [0.05, 0.1) is 11.4 Å². The number of ether oxygens (including phenoxy) is 2. The molecule has 30 heavy (non-hydrogen) atoms. The van der Waals surface area contributed by atoms with Gasteiger partial charge in [0.25, 0.3) is 0 Å². The number of hydrogen-bond donors (Lipinski definition) is 0. The van der Waals surface area contributed by atoms with Crippen LogP contribution in [-0.2, 0) is 14.3 Å². The lowest BCUT2D eigenvalue weighted by molar-refractivity contribution is -0.154. The van der Waals surface area contributed by atoms with Gasteiger partial charge < -0.3 is 9.47 Å². The molecule has 0 radical (unpaired) electrons. The van der Waals surface area contributed by atoms with Crippen molar-refractivity contribution in [3.63, 3.8) is 0 Å². The molecule has 1 aromatic heterocycles. The normalized spacial score (nSPS) is 20.2. The fraction of sp³-hybridized carbons (Fsp3) is 0.360. The summed E-state index contributed by atoms with van der Waals surface area (Å²) >= 11 is 0. The van der Waals surface area contributed by atoms with Crippen molar-refractivity contribution in [3.05, 3.63) is 83.2 Å². The zero-order valence-corrected chi connectivity index (χ0v) is 18.1. The third kappa shape index (κ3) is 3.65. The van der Waals surface area contributed by atoms with Crippen LogP contribution in [-0.4, -0.2) is 28.1 Å². The molecule has 2 aromatic carbocycles. The van der Waals surface area contributed by atoms with E-state index in [0.717, 1.165) is 28.2 Å². The second-order valence-electron chi connectivity index (χ2n) is 8.91. The number of aromatic nitrogens is 2. The average Bonchev–Trinajstić information content (AvgIpc) is 3.25. The second-order valence-corrected chi connectivity index (χ2v) is 8.91. The molecule has 4 rings (SSSR count). The van der Waals surface area contributed by atoms with Crippen molar-refractivity contribution in [1.82, 2.24) is 9.78 Å². The highest BCUT2D eigenvalue weighted by Gasteiger charge is 2.47. The van der Waals surface area contributed by atoms with Crippen LogP contribution in [0, 0.1) is 19.3 Å². The summed E-state index contributed by atoms with van der Waals surface area (Å²) in [7, 11) is 0. The van der Waals surface area contributed by atoms with Gasteiger partial charge in [-0.15, -0.1) is 0 Å². The van der Waals surface area contributed by atoms with Crippen LogP contribution >= 0.6 is 0 Å². The minimum Gasteiger partial charge on any atom is -0.433 e. The van der Waals surface area contributed by atoms with Crippen molar-refractivity contribution >= 4 is 5.97 Å². The lowest BCUT2D eigenvalue weighted by Gasteiger charge is -2.26. The van der Waals surface area contributed by atoms with E-state index < -0.39 is 12.4 Å². The SMILES string of the molecule is Cc1nn(-c2ccccc2)c(C)c1[C@H](c1ccccc1)[C@@H]1O[C@H](C(C)(C)C)OC1=O. The fourth-order valence-corrected chi connectivity index (χ4v) is 4.06. The van der Waals surface area contributed by atoms with Crippen LogP contribution < -0.4 is 0 Å². The maximum atomic E-state index is 12.9. The zero-order valence-electron chi connectivity index (χ0n) is 18.1. The highest BCUT2D eigenvalue weighted by Crippen LogP contribution is 2.40. The van der Waals surface area contributed by atoms with Gasteiger partial charge in [-0.3, -0.25) is 0 Å². The smallest absolute Gasteiger partial charge is 0.338 e. The van der Waals surface area contributed by atoms with Gasteiger partial charge in [0.2, 0.25) is 6.29 Å². The summed E-state index contributed by atoms with van der Waals surface area (Å²) in [6.07, 6.45) is -1.30. The molecule has 0 aliphatic carbocycles. The predicted molar refractivity (Wildman–Crippen MR) is 116 cm³/mol. The van der Waals surface area contributed by atoms with Gasteiger partial charge in [0.1, 0.15) is 0 Å². The van der Waals surface area contributed by atoms with E-state index in [1.54, 1.807) is 0 Å². The molecule has 156 valence electrons. The number of carbonyl (C=O) groups excluding carboxylic acids is 1. The number of rotatable bonds is 4. The first-order chi connectivity index (χ1) is 14.3. The topological polar surface area (TPSA) is 53.4 Å². The first kappa shape index (κ1) is 20.4. The zero-order chi connectivity index (χ0) is 21.5. The quantitative estimate of drug-likeness (QED) is 0.578. The number of cyclic esters (lactones) is 1. The van der Waals surface area contributed by atoms with Gasteiger partial charge >= 0.3 is 5.97 Å². The molecule has 1 fully saturated rings. The Labute approximate surface area is 177 Å². The van der Waals surface area contributed by atoms with E-state index in [1.165, 1.54) is 0 Å². The van der Waals surface area contributed by atoms with Crippen LogP contribution in [0.25, 0.3) is 5.69 Å². The molecule has 5 heteroatoms. The molecule has 2 heterocycles. The van der Waals surface area contributed by atoms with Crippen molar-refractivity contribution in [1.29, 1.82) is 0 Å². The molecule has 0 spiro atoms. The summed E-state index contributed by atoms with van der Waals surface area (Å²) < 4.78 is 13.8. The summed E-state index contributed by atoms with van der Waals surface area (Å²) in [5.41, 5.74) is 4.56. The third-order valence-corrected chi connectivity index (χ3v) is 5.55. The summed E-state index contributed by atoms with van der Waals surface area (Å²) in [5, 5.41) is 4.80. The van der Waals surface area contributed by atoms with Gasteiger partial charge in [0, 0.05) is 22.6 Å². The molecular weight excluding hydrogens is 376 g/mol. The van der Waals surface area contributed by atoms with E-state index in [9.17, 15) is 4.79 Å². The molecule has 0 N–H and O–H groups in total. The van der Waals surface area contributed by atoms with Crippen molar-refractivity contribution < 1.29 is 14.3 Å². The minimum absolute atomic E-state index is 0.302. The largest absolute Gasteiger partial charge is 0.433 e. The Hall–Kier alpha value is -2.92. The molecule has 1 aliphatic heterocycles. The van der Waals surface area contributed by atoms with E-state index >= 15 is 0 Å². The lowest BCUT2D eigenvalue weighted by atomic mass is 9.85. The van der Waals surface area contributed by atoms with Gasteiger partial charge in [-0.1, -0.05) is 69.3 Å². The number of nitrogens with zero attached hydrogens (tertiary/aromatic N) is 2. The van der Waals surface area contributed by atoms with Crippen LogP contribution in [0.2, 0.25) is 0 Å². The Bertz CT molecular complexity index is 1040. The molecule has 1 aliphatic rings. The molecule has 3 atom stereocenters. The number of para-hydroxylation sites is 1. The fourth-order valence-electron chi connectivity index (χ4n) is 4.06. The van der Waals surface area contributed by atoms with Gasteiger partial charge in [-0.2, -0.15) is 5.10 Å². The molecule has 0 unspecified atom stereocenters. The summed E-state index contributed by atoms with van der Waals surface area (Å²) in [6.45, 7) is 10.1. The molecule has 3 aromatic rings. The van der Waals surface area contributed by atoms with Crippen molar-refractivity contribution in [2.45, 2.75) is 52.9 Å². The molecule has 0 saturated carbocycles. The average molecular weight is 405 g/mol. The second kappa shape index (κ2) is 7.73. The number of benzene rings is 2. The maximum Gasteiger partial charge on any atom is 0.338 e. The first-order valence-electron chi connectivity index (χ1n) is 10.3. The minimum atomic E-state index is -0.720. The van der Waals surface area contributed by atoms with E-state index in [-0.39, 0.29) is 17.3 Å². The van der Waals surface area contributed by atoms with Crippen LogP contribution in [0.5, 0.6) is 0 Å². The third-order valence-electron chi connectivity index (χ3n) is 5.55. The number of esters is 1. The number of hydrogen-bond acceptors (Lipinski definition) is 4. The summed E-state index contributed by atoms with van der Waals surface area (Å²) in [5.74, 6) is -0.626. The van der Waals surface area contributed by atoms with Crippen molar-refractivity contribution in [3.8, 4) is 5.69 Å². The molecular formula is C25H28N2O3. The predicted octanol–water partition coefficient (Wildman–Crippen LogP) is 4.94. The van der Waals surface area contributed by atoms with Gasteiger partial charge in [-0.25, -0.2) is 9.48 Å². The van der Waals surface area contributed by atoms with Crippen LogP contribution in [0.1, 0.15) is 49.2 Å². The molecule has 0 bridgehead atoms.